The largest absolute Gasteiger partial charge is 0.349 e. The third-order valence-corrected chi connectivity index (χ3v) is 3.93. The Kier molecular flexibility index (Phi) is 3.57. The minimum absolute atomic E-state index is 0.226. The van der Waals surface area contributed by atoms with Crippen molar-refractivity contribution in [2.24, 2.45) is 0 Å². The molecule has 1 aliphatic rings. The number of fused-ring (bicyclic) bond motifs is 1. The summed E-state index contributed by atoms with van der Waals surface area (Å²) >= 11 is 0. The Morgan fingerprint density at radius 1 is 1.29 bits per heavy atom. The van der Waals surface area contributed by atoms with Crippen molar-refractivity contribution in [1.29, 1.82) is 0 Å². The van der Waals surface area contributed by atoms with Crippen molar-refractivity contribution in [2.75, 3.05) is 0 Å². The Balaban J connectivity index is 1.69. The van der Waals surface area contributed by atoms with Gasteiger partial charge in [0.05, 0.1) is 11.4 Å². The fourth-order valence-electron chi connectivity index (χ4n) is 2.49. The van der Waals surface area contributed by atoms with Crippen LogP contribution in [0.5, 0.6) is 0 Å². The van der Waals surface area contributed by atoms with Crippen molar-refractivity contribution in [3.8, 4) is 0 Å². The Labute approximate surface area is 137 Å². The summed E-state index contributed by atoms with van der Waals surface area (Å²) < 4.78 is 14.2. The van der Waals surface area contributed by atoms with Gasteiger partial charge in [-0.05, 0) is 49.3 Å². The number of aromatic amines is 1. The molecule has 0 saturated heterocycles. The van der Waals surface area contributed by atoms with E-state index in [0.29, 0.717) is 22.2 Å². The Hall–Kier alpha value is -3.02. The molecular weight excluding hydrogens is 307 g/mol. The van der Waals surface area contributed by atoms with Crippen LogP contribution in [0.25, 0.3) is 23.1 Å². The number of nitrogens with one attached hydrogen (secondary N) is 2. The van der Waals surface area contributed by atoms with E-state index in [2.05, 4.69) is 20.5 Å². The summed E-state index contributed by atoms with van der Waals surface area (Å²) in [5.41, 5.74) is 1.94. The fraction of sp³-hybridized carbons (Fsp3) is 0.167. The number of pyridine rings is 1. The molecule has 1 saturated carbocycles. The first-order valence-electron chi connectivity index (χ1n) is 7.78. The molecular formula is C18H15FN4O. The number of nitrogens with zero attached hydrogens (tertiary/aromatic N) is 2. The Bertz CT molecular complexity index is 929. The number of carbonyl (C=O) groups is 1. The molecule has 6 heteroatoms. The number of halogens is 1. The van der Waals surface area contributed by atoms with E-state index in [1.165, 1.54) is 6.07 Å². The van der Waals surface area contributed by atoms with Crippen molar-refractivity contribution in [3.63, 3.8) is 0 Å². The summed E-state index contributed by atoms with van der Waals surface area (Å²) in [6.45, 7) is 0. The summed E-state index contributed by atoms with van der Waals surface area (Å²) in [6.07, 6.45) is 7.22. The predicted octanol–water partition coefficient (Wildman–Crippen LogP) is 3.16. The highest BCUT2D eigenvalue weighted by Gasteiger charge is 2.24. The number of aromatic nitrogens is 3. The van der Waals surface area contributed by atoms with Gasteiger partial charge in [-0.1, -0.05) is 6.07 Å². The quantitative estimate of drug-likeness (QED) is 0.775. The molecule has 5 nitrogen and oxygen atoms in total. The zero-order chi connectivity index (χ0) is 16.5. The topological polar surface area (TPSA) is 70.7 Å². The van der Waals surface area contributed by atoms with E-state index in [1.807, 2.05) is 18.2 Å². The maximum absolute atomic E-state index is 14.2. The van der Waals surface area contributed by atoms with Crippen LogP contribution < -0.4 is 5.32 Å². The van der Waals surface area contributed by atoms with Crippen LogP contribution in [0.3, 0.4) is 0 Å². The number of H-pyrrole nitrogens is 1. The molecule has 120 valence electrons. The van der Waals surface area contributed by atoms with Crippen LogP contribution in [-0.4, -0.2) is 27.1 Å². The third-order valence-electron chi connectivity index (χ3n) is 3.93. The molecule has 0 unspecified atom stereocenters. The molecule has 2 N–H and O–H groups in total. The number of amides is 1. The van der Waals surface area contributed by atoms with Crippen LogP contribution in [0.15, 0.2) is 36.5 Å². The van der Waals surface area contributed by atoms with Gasteiger partial charge < -0.3 is 5.32 Å². The van der Waals surface area contributed by atoms with Crippen LogP contribution in [0.4, 0.5) is 4.39 Å². The molecule has 0 spiro atoms. The zero-order valence-corrected chi connectivity index (χ0v) is 12.8. The third kappa shape index (κ3) is 2.90. The highest BCUT2D eigenvalue weighted by Crippen LogP contribution is 2.24. The van der Waals surface area contributed by atoms with Gasteiger partial charge in [-0.25, -0.2) is 4.39 Å². The maximum Gasteiger partial charge on any atom is 0.251 e. The van der Waals surface area contributed by atoms with Gasteiger partial charge in [0, 0.05) is 23.2 Å². The summed E-state index contributed by atoms with van der Waals surface area (Å²) in [6, 6.07) is 8.71. The van der Waals surface area contributed by atoms with E-state index in [1.54, 1.807) is 24.4 Å². The number of carbonyl (C=O) groups excluding carboxylic acids is 1. The molecule has 0 aliphatic heterocycles. The summed E-state index contributed by atoms with van der Waals surface area (Å²) in [5, 5.41) is 10.3. The van der Waals surface area contributed by atoms with Crippen LogP contribution in [0, 0.1) is 5.82 Å². The van der Waals surface area contributed by atoms with Gasteiger partial charge >= 0.3 is 0 Å². The molecule has 0 radical (unpaired) electrons. The van der Waals surface area contributed by atoms with Crippen molar-refractivity contribution in [1.82, 2.24) is 20.5 Å². The molecule has 1 aromatic carbocycles. The van der Waals surface area contributed by atoms with E-state index < -0.39 is 5.82 Å². The van der Waals surface area contributed by atoms with Crippen molar-refractivity contribution < 1.29 is 9.18 Å². The first-order chi connectivity index (χ1) is 11.7. The number of benzene rings is 1. The van der Waals surface area contributed by atoms with Gasteiger partial charge in [-0.15, -0.1) is 0 Å². The van der Waals surface area contributed by atoms with E-state index in [-0.39, 0.29) is 11.9 Å². The molecule has 1 amide bonds. The summed E-state index contributed by atoms with van der Waals surface area (Å²) in [7, 11) is 0. The molecule has 24 heavy (non-hydrogen) atoms. The van der Waals surface area contributed by atoms with Crippen LogP contribution in [0.2, 0.25) is 0 Å². The summed E-state index contributed by atoms with van der Waals surface area (Å²) in [5.74, 6) is -0.738. The second-order valence-electron chi connectivity index (χ2n) is 5.83. The Morgan fingerprint density at radius 2 is 2.17 bits per heavy atom. The predicted molar refractivity (Wildman–Crippen MR) is 89.7 cm³/mol. The minimum Gasteiger partial charge on any atom is -0.349 e. The lowest BCUT2D eigenvalue weighted by Crippen LogP contribution is -2.25. The van der Waals surface area contributed by atoms with Crippen molar-refractivity contribution >= 4 is 29.0 Å². The molecule has 2 aromatic heterocycles. The second kappa shape index (κ2) is 5.88. The molecule has 0 bridgehead atoms. The molecule has 4 rings (SSSR count). The lowest BCUT2D eigenvalue weighted by Gasteiger charge is -2.04. The maximum atomic E-state index is 14.2. The fourth-order valence-corrected chi connectivity index (χ4v) is 2.49. The van der Waals surface area contributed by atoms with Crippen LogP contribution in [0.1, 0.15) is 34.6 Å². The van der Waals surface area contributed by atoms with Gasteiger partial charge in [-0.2, -0.15) is 5.10 Å². The average Bonchev–Trinajstić information content (AvgIpc) is 3.31. The molecule has 0 atom stereocenters. The van der Waals surface area contributed by atoms with E-state index in [4.69, 9.17) is 0 Å². The van der Waals surface area contributed by atoms with Crippen molar-refractivity contribution in [2.45, 2.75) is 18.9 Å². The van der Waals surface area contributed by atoms with Gasteiger partial charge in [0.2, 0.25) is 0 Å². The standard InChI is InChI=1S/C18H15FN4O/c19-15-10-11(18(24)21-13-4-5-13)9-14-16(22-23-17(14)15)7-6-12-3-1-2-8-20-12/h1-3,6-10,13H,4-5H2,(H,21,24)(H,22,23)/b7-6+. The van der Waals surface area contributed by atoms with Crippen LogP contribution in [-0.2, 0) is 0 Å². The zero-order valence-electron chi connectivity index (χ0n) is 12.8. The molecule has 1 aliphatic carbocycles. The smallest absolute Gasteiger partial charge is 0.251 e. The lowest BCUT2D eigenvalue weighted by atomic mass is 10.1. The monoisotopic (exact) mass is 322 g/mol. The molecule has 3 aromatic rings. The highest BCUT2D eigenvalue weighted by molar-refractivity contribution is 6.00. The van der Waals surface area contributed by atoms with Gasteiger partial charge in [0.1, 0.15) is 11.3 Å². The van der Waals surface area contributed by atoms with E-state index in [0.717, 1.165) is 18.5 Å². The first-order valence-corrected chi connectivity index (χ1v) is 7.78. The number of hydrogen-bond acceptors (Lipinski definition) is 3. The molecule has 2 heterocycles. The summed E-state index contributed by atoms with van der Waals surface area (Å²) in [4.78, 5) is 16.4. The Morgan fingerprint density at radius 3 is 2.92 bits per heavy atom. The number of rotatable bonds is 4. The van der Waals surface area contributed by atoms with Gasteiger partial charge in [0.25, 0.3) is 5.91 Å². The van der Waals surface area contributed by atoms with Crippen molar-refractivity contribution in [3.05, 3.63) is 59.3 Å². The molecule has 1 fully saturated rings. The van der Waals surface area contributed by atoms with E-state index in [9.17, 15) is 9.18 Å². The average molecular weight is 322 g/mol. The van der Waals surface area contributed by atoms with Crippen LogP contribution >= 0.6 is 0 Å². The van der Waals surface area contributed by atoms with Gasteiger partial charge in [0.15, 0.2) is 0 Å². The van der Waals surface area contributed by atoms with Gasteiger partial charge in [-0.3, -0.25) is 14.9 Å². The van der Waals surface area contributed by atoms with E-state index >= 15 is 0 Å². The highest BCUT2D eigenvalue weighted by atomic mass is 19.1. The normalized spacial score (nSPS) is 14.4. The SMILES string of the molecule is O=C(NC1CC1)c1cc(F)c2[nH]nc(/C=C/c3ccccn3)c2c1. The lowest BCUT2D eigenvalue weighted by molar-refractivity contribution is 0.0951. The minimum atomic E-state index is -0.488. The number of hydrogen-bond donors (Lipinski definition) is 2. The first kappa shape index (κ1) is 14.6. The second-order valence-corrected chi connectivity index (χ2v) is 5.83.